The number of carbonyl (C=O) groups is 4. The van der Waals surface area contributed by atoms with E-state index in [1.54, 1.807) is 20.8 Å². The van der Waals surface area contributed by atoms with Gasteiger partial charge in [0.05, 0.1) is 7.11 Å². The molecule has 1 atom stereocenters. The van der Waals surface area contributed by atoms with Gasteiger partial charge in [0.25, 0.3) is 0 Å². The standard InChI is InChI=1S/C17H28N2O6/c1-17(2,3)25-16(23)18-11-7-5-6-8-13(20)19-12(15(22)24-4)9-10-14(19)21/h12H,5-11H2,1-4H3,(H,18,23). The van der Waals surface area contributed by atoms with Crippen LogP contribution < -0.4 is 5.32 Å². The Labute approximate surface area is 148 Å². The first-order chi connectivity index (χ1) is 11.7. The van der Waals surface area contributed by atoms with Crippen LogP contribution in [0.1, 0.15) is 59.3 Å². The lowest BCUT2D eigenvalue weighted by Crippen LogP contribution is -2.43. The van der Waals surface area contributed by atoms with E-state index in [0.717, 1.165) is 4.90 Å². The normalized spacial score (nSPS) is 17.4. The number of hydrogen-bond donors (Lipinski definition) is 1. The SMILES string of the molecule is COC(=O)C1CCC(=O)N1C(=O)CCCCCNC(=O)OC(C)(C)C. The molecule has 25 heavy (non-hydrogen) atoms. The van der Waals surface area contributed by atoms with E-state index in [9.17, 15) is 19.2 Å². The summed E-state index contributed by atoms with van der Waals surface area (Å²) in [7, 11) is 1.24. The second-order valence-electron chi connectivity index (χ2n) is 6.97. The van der Waals surface area contributed by atoms with Crippen molar-refractivity contribution in [1.82, 2.24) is 10.2 Å². The first-order valence-corrected chi connectivity index (χ1v) is 8.55. The second-order valence-corrected chi connectivity index (χ2v) is 6.97. The zero-order valence-corrected chi connectivity index (χ0v) is 15.4. The molecule has 1 fully saturated rings. The van der Waals surface area contributed by atoms with Gasteiger partial charge in [-0.25, -0.2) is 9.59 Å². The summed E-state index contributed by atoms with van der Waals surface area (Å²) in [5, 5.41) is 2.65. The number of alkyl carbamates (subject to hydrolysis) is 1. The molecule has 1 aliphatic heterocycles. The van der Waals surface area contributed by atoms with Crippen LogP contribution in [-0.2, 0) is 23.9 Å². The molecule has 0 radical (unpaired) electrons. The summed E-state index contributed by atoms with van der Waals surface area (Å²) in [6, 6.07) is -0.793. The molecule has 1 aliphatic rings. The van der Waals surface area contributed by atoms with E-state index in [-0.39, 0.29) is 24.7 Å². The molecule has 1 saturated heterocycles. The fourth-order valence-electron chi connectivity index (χ4n) is 2.56. The lowest BCUT2D eigenvalue weighted by molar-refractivity contribution is -0.155. The highest BCUT2D eigenvalue weighted by atomic mass is 16.6. The van der Waals surface area contributed by atoms with Crippen LogP contribution in [0.3, 0.4) is 0 Å². The largest absolute Gasteiger partial charge is 0.467 e. The van der Waals surface area contributed by atoms with E-state index >= 15 is 0 Å². The second kappa shape index (κ2) is 9.39. The Morgan fingerprint density at radius 1 is 1.20 bits per heavy atom. The average Bonchev–Trinajstić information content (AvgIpc) is 2.89. The van der Waals surface area contributed by atoms with Gasteiger partial charge >= 0.3 is 12.1 Å². The van der Waals surface area contributed by atoms with Gasteiger partial charge in [-0.2, -0.15) is 0 Å². The molecule has 0 aliphatic carbocycles. The van der Waals surface area contributed by atoms with E-state index < -0.39 is 23.7 Å². The van der Waals surface area contributed by atoms with E-state index in [2.05, 4.69) is 10.1 Å². The van der Waals surface area contributed by atoms with Crippen molar-refractivity contribution in [2.24, 2.45) is 0 Å². The van der Waals surface area contributed by atoms with Crippen LogP contribution >= 0.6 is 0 Å². The summed E-state index contributed by atoms with van der Waals surface area (Å²) in [6.45, 7) is 5.83. The highest BCUT2D eigenvalue weighted by Crippen LogP contribution is 2.21. The van der Waals surface area contributed by atoms with Crippen molar-refractivity contribution in [3.63, 3.8) is 0 Å². The van der Waals surface area contributed by atoms with Crippen LogP contribution in [-0.4, -0.2) is 54.1 Å². The van der Waals surface area contributed by atoms with Crippen molar-refractivity contribution < 1.29 is 28.7 Å². The van der Waals surface area contributed by atoms with Crippen molar-refractivity contribution in [2.45, 2.75) is 70.9 Å². The molecule has 0 aromatic carbocycles. The Balaban J connectivity index is 2.25. The van der Waals surface area contributed by atoms with Gasteiger partial charge in [0.15, 0.2) is 0 Å². The zero-order valence-electron chi connectivity index (χ0n) is 15.4. The lowest BCUT2D eigenvalue weighted by Gasteiger charge is -2.21. The molecule has 0 spiro atoms. The minimum atomic E-state index is -0.793. The van der Waals surface area contributed by atoms with Gasteiger partial charge in [-0.15, -0.1) is 0 Å². The number of carbonyl (C=O) groups excluding carboxylic acids is 4. The van der Waals surface area contributed by atoms with Crippen LogP contribution in [0.2, 0.25) is 0 Å². The van der Waals surface area contributed by atoms with Crippen molar-refractivity contribution in [3.8, 4) is 0 Å². The minimum Gasteiger partial charge on any atom is -0.467 e. The number of esters is 1. The molecule has 142 valence electrons. The topological polar surface area (TPSA) is 102 Å². The first kappa shape index (κ1) is 20.9. The molecule has 3 amide bonds. The fraction of sp³-hybridized carbons (Fsp3) is 0.765. The Morgan fingerprint density at radius 2 is 1.88 bits per heavy atom. The predicted molar refractivity (Wildman–Crippen MR) is 89.6 cm³/mol. The smallest absolute Gasteiger partial charge is 0.407 e. The third-order valence-electron chi connectivity index (χ3n) is 3.69. The van der Waals surface area contributed by atoms with Crippen LogP contribution in [0.25, 0.3) is 0 Å². The number of unbranched alkanes of at least 4 members (excludes halogenated alkanes) is 2. The maximum Gasteiger partial charge on any atom is 0.407 e. The summed E-state index contributed by atoms with van der Waals surface area (Å²) in [4.78, 5) is 48.1. The molecule has 1 heterocycles. The maximum atomic E-state index is 12.2. The molecular formula is C17H28N2O6. The number of nitrogens with zero attached hydrogens (tertiary/aromatic N) is 1. The Bertz CT molecular complexity index is 512. The van der Waals surface area contributed by atoms with Crippen LogP contribution in [0.4, 0.5) is 4.79 Å². The van der Waals surface area contributed by atoms with Crippen LogP contribution in [0.15, 0.2) is 0 Å². The highest BCUT2D eigenvalue weighted by Gasteiger charge is 2.40. The number of amides is 3. The predicted octanol–water partition coefficient (Wildman–Crippen LogP) is 1.76. The Hall–Kier alpha value is -2.12. The molecule has 0 bridgehead atoms. The van der Waals surface area contributed by atoms with E-state index in [4.69, 9.17) is 4.74 Å². The number of methoxy groups -OCH3 is 1. The van der Waals surface area contributed by atoms with Gasteiger partial charge in [0, 0.05) is 19.4 Å². The number of hydrogen-bond acceptors (Lipinski definition) is 6. The summed E-state index contributed by atoms with van der Waals surface area (Å²) in [5.41, 5.74) is -0.533. The summed E-state index contributed by atoms with van der Waals surface area (Å²) in [6.07, 6.45) is 2.21. The number of likely N-dealkylation sites (tertiary alicyclic amines) is 1. The highest BCUT2D eigenvalue weighted by molar-refractivity contribution is 6.01. The number of ether oxygens (including phenoxy) is 2. The Morgan fingerprint density at radius 3 is 2.48 bits per heavy atom. The van der Waals surface area contributed by atoms with Crippen molar-refractivity contribution in [3.05, 3.63) is 0 Å². The number of imide groups is 1. The molecule has 8 heteroatoms. The number of nitrogens with one attached hydrogen (secondary N) is 1. The zero-order chi connectivity index (χ0) is 19.0. The van der Waals surface area contributed by atoms with E-state index in [1.807, 2.05) is 0 Å². The molecule has 1 rings (SSSR count). The van der Waals surface area contributed by atoms with Gasteiger partial charge in [0.1, 0.15) is 11.6 Å². The van der Waals surface area contributed by atoms with Crippen molar-refractivity contribution >= 4 is 23.9 Å². The molecular weight excluding hydrogens is 328 g/mol. The number of rotatable bonds is 7. The Kier molecular flexibility index (Phi) is 7.86. The van der Waals surface area contributed by atoms with E-state index in [1.165, 1.54) is 7.11 Å². The van der Waals surface area contributed by atoms with Gasteiger partial charge in [-0.05, 0) is 40.0 Å². The first-order valence-electron chi connectivity index (χ1n) is 8.55. The van der Waals surface area contributed by atoms with E-state index in [0.29, 0.717) is 32.2 Å². The third kappa shape index (κ3) is 7.11. The summed E-state index contributed by atoms with van der Waals surface area (Å²) in [5.74, 6) is -1.23. The molecule has 0 saturated carbocycles. The molecule has 8 nitrogen and oxygen atoms in total. The molecule has 1 N–H and O–H groups in total. The van der Waals surface area contributed by atoms with Crippen LogP contribution in [0, 0.1) is 0 Å². The fourth-order valence-corrected chi connectivity index (χ4v) is 2.56. The molecule has 1 unspecified atom stereocenters. The van der Waals surface area contributed by atoms with Gasteiger partial charge in [-0.3, -0.25) is 14.5 Å². The quantitative estimate of drug-likeness (QED) is 0.551. The maximum absolute atomic E-state index is 12.2. The third-order valence-corrected chi connectivity index (χ3v) is 3.69. The monoisotopic (exact) mass is 356 g/mol. The summed E-state index contributed by atoms with van der Waals surface area (Å²) < 4.78 is 9.75. The van der Waals surface area contributed by atoms with Crippen LogP contribution in [0.5, 0.6) is 0 Å². The van der Waals surface area contributed by atoms with Crippen molar-refractivity contribution in [1.29, 1.82) is 0 Å². The molecule has 0 aromatic rings. The van der Waals surface area contributed by atoms with Gasteiger partial charge < -0.3 is 14.8 Å². The van der Waals surface area contributed by atoms with Gasteiger partial charge in [0.2, 0.25) is 11.8 Å². The lowest BCUT2D eigenvalue weighted by atomic mass is 10.1. The minimum absolute atomic E-state index is 0.186. The van der Waals surface area contributed by atoms with Gasteiger partial charge in [-0.1, -0.05) is 6.42 Å². The summed E-state index contributed by atoms with van der Waals surface area (Å²) >= 11 is 0. The molecule has 0 aromatic heterocycles. The van der Waals surface area contributed by atoms with Crippen molar-refractivity contribution in [2.75, 3.05) is 13.7 Å². The average molecular weight is 356 g/mol.